The number of hydrogen-bond acceptors (Lipinski definition) is 3. The van der Waals surface area contributed by atoms with Gasteiger partial charge < -0.3 is 4.74 Å². The molecule has 0 bridgehead atoms. The summed E-state index contributed by atoms with van der Waals surface area (Å²) in [7, 11) is 1.29. The van der Waals surface area contributed by atoms with E-state index in [4.69, 9.17) is 0 Å². The van der Waals surface area contributed by atoms with E-state index >= 15 is 0 Å². The van der Waals surface area contributed by atoms with Crippen LogP contribution in [0.4, 0.5) is 0 Å². The van der Waals surface area contributed by atoms with E-state index in [-0.39, 0.29) is 12.2 Å². The summed E-state index contributed by atoms with van der Waals surface area (Å²) in [5.74, 6) is -0.554. The van der Waals surface area contributed by atoms with Crippen molar-refractivity contribution in [2.75, 3.05) is 7.11 Å². The molecule has 0 radical (unpaired) electrons. The highest BCUT2D eigenvalue weighted by molar-refractivity contribution is 5.97. The minimum Gasteiger partial charge on any atom is -0.469 e. The van der Waals surface area contributed by atoms with Crippen LogP contribution >= 0.6 is 0 Å². The predicted molar refractivity (Wildman–Crippen MR) is 64.4 cm³/mol. The van der Waals surface area contributed by atoms with E-state index in [9.17, 15) is 9.59 Å². The molecule has 0 saturated carbocycles. The number of carbonyl (C=O) groups excluding carboxylic acids is 2. The standard InChI is InChI=1S/C14H14O3/c1-17-14(16)9-13(15)8-10-6-11-4-2-3-5-12(11)7-10/h2-6H,7-9H2,1H3. The number of ketones is 1. The summed E-state index contributed by atoms with van der Waals surface area (Å²) in [5.41, 5.74) is 3.49. The summed E-state index contributed by atoms with van der Waals surface area (Å²) in [5, 5.41) is 0. The van der Waals surface area contributed by atoms with Crippen LogP contribution < -0.4 is 0 Å². The molecule has 3 nitrogen and oxygen atoms in total. The van der Waals surface area contributed by atoms with Gasteiger partial charge in [0.2, 0.25) is 0 Å². The van der Waals surface area contributed by atoms with Crippen molar-refractivity contribution in [3.05, 3.63) is 41.0 Å². The van der Waals surface area contributed by atoms with Crippen molar-refractivity contribution in [2.45, 2.75) is 19.3 Å². The molecule has 0 fully saturated rings. The van der Waals surface area contributed by atoms with Gasteiger partial charge in [0.25, 0.3) is 0 Å². The molecule has 0 unspecified atom stereocenters. The molecule has 17 heavy (non-hydrogen) atoms. The third kappa shape index (κ3) is 2.81. The summed E-state index contributed by atoms with van der Waals surface area (Å²) in [4.78, 5) is 22.5. The molecule has 0 aromatic heterocycles. The number of carbonyl (C=O) groups is 2. The molecule has 1 aliphatic rings. The van der Waals surface area contributed by atoms with Gasteiger partial charge in [0.15, 0.2) is 0 Å². The summed E-state index contributed by atoms with van der Waals surface area (Å²) in [6.07, 6.45) is 3.04. The number of benzene rings is 1. The quantitative estimate of drug-likeness (QED) is 0.588. The summed E-state index contributed by atoms with van der Waals surface area (Å²) >= 11 is 0. The van der Waals surface area contributed by atoms with Crippen molar-refractivity contribution in [1.82, 2.24) is 0 Å². The van der Waals surface area contributed by atoms with Crippen LogP contribution in [0.1, 0.15) is 24.0 Å². The van der Waals surface area contributed by atoms with Gasteiger partial charge in [0, 0.05) is 6.42 Å². The third-order valence-corrected chi connectivity index (χ3v) is 2.83. The van der Waals surface area contributed by atoms with E-state index in [2.05, 4.69) is 10.8 Å². The zero-order chi connectivity index (χ0) is 12.3. The second-order valence-corrected chi connectivity index (χ2v) is 4.15. The molecule has 0 N–H and O–H groups in total. The van der Waals surface area contributed by atoms with Crippen LogP contribution in [0.3, 0.4) is 0 Å². The lowest BCUT2D eigenvalue weighted by Crippen LogP contribution is -2.09. The maximum Gasteiger partial charge on any atom is 0.313 e. The lowest BCUT2D eigenvalue weighted by atomic mass is 10.1. The van der Waals surface area contributed by atoms with E-state index in [1.165, 1.54) is 18.2 Å². The molecule has 0 heterocycles. The molecule has 0 spiro atoms. The smallest absolute Gasteiger partial charge is 0.313 e. The molecule has 0 saturated heterocycles. The normalized spacial score (nSPS) is 12.9. The van der Waals surface area contributed by atoms with Crippen LogP contribution in [-0.2, 0) is 20.7 Å². The van der Waals surface area contributed by atoms with Crippen molar-refractivity contribution in [3.63, 3.8) is 0 Å². The minimum absolute atomic E-state index is 0.0871. The van der Waals surface area contributed by atoms with Crippen LogP contribution in [0.25, 0.3) is 6.08 Å². The Balaban J connectivity index is 1.95. The highest BCUT2D eigenvalue weighted by atomic mass is 16.5. The van der Waals surface area contributed by atoms with Gasteiger partial charge in [-0.25, -0.2) is 0 Å². The van der Waals surface area contributed by atoms with E-state index < -0.39 is 5.97 Å². The number of fused-ring (bicyclic) bond motifs is 1. The maximum absolute atomic E-state index is 11.6. The Morgan fingerprint density at radius 3 is 2.76 bits per heavy atom. The fraction of sp³-hybridized carbons (Fsp3) is 0.286. The van der Waals surface area contributed by atoms with Gasteiger partial charge in [-0.3, -0.25) is 9.59 Å². The van der Waals surface area contributed by atoms with Gasteiger partial charge in [0.05, 0.1) is 7.11 Å². The van der Waals surface area contributed by atoms with Crippen LogP contribution in [0.2, 0.25) is 0 Å². The first-order valence-electron chi connectivity index (χ1n) is 5.55. The Kier molecular flexibility index (Phi) is 3.38. The van der Waals surface area contributed by atoms with Crippen LogP contribution in [-0.4, -0.2) is 18.9 Å². The molecule has 88 valence electrons. The first-order chi connectivity index (χ1) is 8.19. The van der Waals surface area contributed by atoms with Crippen molar-refractivity contribution < 1.29 is 14.3 Å². The monoisotopic (exact) mass is 230 g/mol. The Hall–Kier alpha value is -1.90. The molecule has 1 aliphatic carbocycles. The second kappa shape index (κ2) is 4.95. The first-order valence-corrected chi connectivity index (χ1v) is 5.55. The average Bonchev–Trinajstić information content (AvgIpc) is 2.70. The third-order valence-electron chi connectivity index (χ3n) is 2.83. The molecular weight excluding hydrogens is 216 g/mol. The zero-order valence-electron chi connectivity index (χ0n) is 9.73. The molecule has 0 amide bonds. The molecular formula is C14H14O3. The Bertz CT molecular complexity index is 486. The summed E-state index contributed by atoms with van der Waals surface area (Å²) in [6.45, 7) is 0. The number of methoxy groups -OCH3 is 1. The highest BCUT2D eigenvalue weighted by Gasteiger charge is 2.16. The van der Waals surface area contributed by atoms with Crippen molar-refractivity contribution >= 4 is 17.8 Å². The topological polar surface area (TPSA) is 43.4 Å². The van der Waals surface area contributed by atoms with Crippen molar-refractivity contribution in [2.24, 2.45) is 0 Å². The molecule has 2 rings (SSSR count). The molecule has 0 aliphatic heterocycles. The second-order valence-electron chi connectivity index (χ2n) is 4.15. The van der Waals surface area contributed by atoms with Crippen LogP contribution in [0.5, 0.6) is 0 Å². The SMILES string of the molecule is COC(=O)CC(=O)CC1=Cc2ccccc2C1. The van der Waals surface area contributed by atoms with Gasteiger partial charge >= 0.3 is 5.97 Å². The van der Waals surface area contributed by atoms with E-state index in [1.54, 1.807) is 0 Å². The number of hydrogen-bond donors (Lipinski definition) is 0. The van der Waals surface area contributed by atoms with Gasteiger partial charge in [-0.15, -0.1) is 0 Å². The first kappa shape index (κ1) is 11.6. The van der Waals surface area contributed by atoms with E-state index in [1.807, 2.05) is 24.3 Å². The Morgan fingerprint density at radius 2 is 2.06 bits per heavy atom. The average molecular weight is 230 g/mol. The summed E-state index contributed by atoms with van der Waals surface area (Å²) in [6, 6.07) is 8.07. The number of rotatable bonds is 4. The van der Waals surface area contributed by atoms with Gasteiger partial charge in [-0.2, -0.15) is 0 Å². The lowest BCUT2D eigenvalue weighted by Gasteiger charge is -2.01. The fourth-order valence-corrected chi connectivity index (χ4v) is 2.01. The largest absolute Gasteiger partial charge is 0.469 e. The lowest BCUT2D eigenvalue weighted by molar-refractivity contribution is -0.143. The fourth-order valence-electron chi connectivity index (χ4n) is 2.01. The van der Waals surface area contributed by atoms with E-state index in [0.717, 1.165) is 12.0 Å². The van der Waals surface area contributed by atoms with Crippen LogP contribution in [0.15, 0.2) is 29.8 Å². The number of allylic oxidation sites excluding steroid dienone is 1. The van der Waals surface area contributed by atoms with Gasteiger partial charge in [0.1, 0.15) is 12.2 Å². The Morgan fingerprint density at radius 1 is 1.29 bits per heavy atom. The molecule has 1 aromatic carbocycles. The van der Waals surface area contributed by atoms with Crippen LogP contribution in [0, 0.1) is 0 Å². The highest BCUT2D eigenvalue weighted by Crippen LogP contribution is 2.26. The molecule has 3 heteroatoms. The predicted octanol–water partition coefficient (Wildman–Crippen LogP) is 2.15. The van der Waals surface area contributed by atoms with Crippen molar-refractivity contribution in [3.8, 4) is 0 Å². The molecule has 1 aromatic rings. The molecule has 0 atom stereocenters. The number of ether oxygens (including phenoxy) is 1. The zero-order valence-corrected chi connectivity index (χ0v) is 9.73. The van der Waals surface area contributed by atoms with Crippen molar-refractivity contribution in [1.29, 1.82) is 0 Å². The van der Waals surface area contributed by atoms with Gasteiger partial charge in [-0.05, 0) is 17.5 Å². The van der Waals surface area contributed by atoms with E-state index in [0.29, 0.717) is 6.42 Å². The number of Topliss-reactive ketones (excluding diaryl/α,β-unsaturated/α-hetero) is 1. The number of esters is 1. The Labute approximate surface area is 100 Å². The maximum atomic E-state index is 11.6. The van der Waals surface area contributed by atoms with Gasteiger partial charge in [-0.1, -0.05) is 35.9 Å². The minimum atomic E-state index is -0.467. The summed E-state index contributed by atoms with van der Waals surface area (Å²) < 4.78 is 4.47.